The van der Waals surface area contributed by atoms with Crippen LogP contribution in [0.15, 0.2) is 35.4 Å². The number of para-hydroxylation sites is 1. The number of carbonyl (C=O) groups excluding carboxylic acids is 1. The number of hydrogen-bond acceptors (Lipinski definition) is 4. The molecular weight excluding hydrogens is 316 g/mol. The Morgan fingerprint density at radius 1 is 1.26 bits per heavy atom. The number of aromatic nitrogens is 2. The normalized spacial score (nSPS) is 20.7. The number of hydrogen-bond donors (Lipinski definition) is 2. The highest BCUT2D eigenvalue weighted by Crippen LogP contribution is 2.16. The molecule has 2 aromatic rings. The lowest BCUT2D eigenvalue weighted by Crippen LogP contribution is -2.42. The predicted molar refractivity (Wildman–Crippen MR) is 91.6 cm³/mol. The van der Waals surface area contributed by atoms with Crippen LogP contribution in [0.5, 0.6) is 0 Å². The van der Waals surface area contributed by atoms with Crippen LogP contribution in [0.3, 0.4) is 0 Å². The minimum Gasteiger partial charge on any atom is -0.352 e. The summed E-state index contributed by atoms with van der Waals surface area (Å²) in [4.78, 5) is 28.7. The van der Waals surface area contributed by atoms with Gasteiger partial charge >= 0.3 is 0 Å². The zero-order valence-corrected chi connectivity index (χ0v) is 13.6. The van der Waals surface area contributed by atoms with Crippen molar-refractivity contribution in [3.8, 4) is 0 Å². The van der Waals surface area contributed by atoms with Gasteiger partial charge in [-0.05, 0) is 37.8 Å². The van der Waals surface area contributed by atoms with Crippen LogP contribution >= 0.6 is 12.4 Å². The van der Waals surface area contributed by atoms with Crippen LogP contribution in [0.4, 0.5) is 0 Å². The fraction of sp³-hybridized carbons (Fsp3) is 0.438. The van der Waals surface area contributed by atoms with Crippen LogP contribution in [0.2, 0.25) is 0 Å². The summed E-state index contributed by atoms with van der Waals surface area (Å²) >= 11 is 0. The Hall–Kier alpha value is -1.92. The maximum Gasteiger partial charge on any atom is 0.261 e. The molecule has 0 bridgehead atoms. The summed E-state index contributed by atoms with van der Waals surface area (Å²) < 4.78 is 1.35. The molecule has 23 heavy (non-hydrogen) atoms. The third-order valence-electron chi connectivity index (χ3n) is 4.18. The highest BCUT2D eigenvalue weighted by Gasteiger charge is 2.20. The van der Waals surface area contributed by atoms with Gasteiger partial charge in [0.25, 0.3) is 5.56 Å². The van der Waals surface area contributed by atoms with E-state index in [-0.39, 0.29) is 42.5 Å². The molecule has 0 spiro atoms. The number of carbonyl (C=O) groups is 1. The lowest BCUT2D eigenvalue weighted by atomic mass is 9.92. The van der Waals surface area contributed by atoms with Crippen LogP contribution < -0.4 is 16.6 Å². The van der Waals surface area contributed by atoms with Crippen molar-refractivity contribution in [1.29, 1.82) is 0 Å². The van der Waals surface area contributed by atoms with Gasteiger partial charge in [0.2, 0.25) is 5.91 Å². The highest BCUT2D eigenvalue weighted by atomic mass is 35.5. The van der Waals surface area contributed by atoms with Crippen LogP contribution in [0.1, 0.15) is 25.7 Å². The second-order valence-electron chi connectivity index (χ2n) is 5.87. The van der Waals surface area contributed by atoms with Gasteiger partial charge in [0.1, 0.15) is 6.54 Å². The van der Waals surface area contributed by atoms with Crippen molar-refractivity contribution < 1.29 is 4.79 Å². The number of benzene rings is 1. The Morgan fingerprint density at radius 3 is 2.70 bits per heavy atom. The number of rotatable bonds is 3. The van der Waals surface area contributed by atoms with E-state index in [0.717, 1.165) is 25.7 Å². The Kier molecular flexibility index (Phi) is 5.74. The van der Waals surface area contributed by atoms with Gasteiger partial charge in [0.05, 0.1) is 17.2 Å². The van der Waals surface area contributed by atoms with Crippen LogP contribution in [-0.2, 0) is 11.3 Å². The molecule has 124 valence electrons. The average molecular weight is 337 g/mol. The first-order valence-electron chi connectivity index (χ1n) is 7.62. The molecule has 1 aliphatic rings. The molecule has 0 atom stereocenters. The topological polar surface area (TPSA) is 90.0 Å². The molecule has 7 heteroatoms. The van der Waals surface area contributed by atoms with Gasteiger partial charge in [0, 0.05) is 12.1 Å². The molecule has 1 fully saturated rings. The lowest BCUT2D eigenvalue weighted by molar-refractivity contribution is -0.122. The zero-order chi connectivity index (χ0) is 15.5. The van der Waals surface area contributed by atoms with E-state index in [2.05, 4.69) is 10.3 Å². The Morgan fingerprint density at radius 2 is 1.96 bits per heavy atom. The molecule has 1 aromatic heterocycles. The van der Waals surface area contributed by atoms with Gasteiger partial charge < -0.3 is 11.1 Å². The van der Waals surface area contributed by atoms with Crippen molar-refractivity contribution in [2.75, 3.05) is 0 Å². The Labute approximate surface area is 140 Å². The zero-order valence-electron chi connectivity index (χ0n) is 12.8. The second-order valence-corrected chi connectivity index (χ2v) is 5.87. The van der Waals surface area contributed by atoms with Crippen LogP contribution in [-0.4, -0.2) is 27.5 Å². The minimum atomic E-state index is -0.189. The molecule has 0 unspecified atom stereocenters. The number of amides is 1. The maximum atomic E-state index is 12.3. The molecule has 3 N–H and O–H groups in total. The van der Waals surface area contributed by atoms with Crippen molar-refractivity contribution in [2.24, 2.45) is 5.73 Å². The molecule has 1 amide bonds. The van der Waals surface area contributed by atoms with E-state index in [9.17, 15) is 9.59 Å². The second kappa shape index (κ2) is 7.57. The fourth-order valence-corrected chi connectivity index (χ4v) is 2.91. The molecule has 0 aliphatic heterocycles. The number of fused-ring (bicyclic) bond motifs is 1. The van der Waals surface area contributed by atoms with Crippen molar-refractivity contribution in [3.05, 3.63) is 40.9 Å². The summed E-state index contributed by atoms with van der Waals surface area (Å²) in [6, 6.07) is 7.55. The quantitative estimate of drug-likeness (QED) is 0.881. The van der Waals surface area contributed by atoms with E-state index in [1.165, 1.54) is 10.9 Å². The number of nitrogens with zero attached hydrogens (tertiary/aromatic N) is 2. The van der Waals surface area contributed by atoms with E-state index in [1.807, 2.05) is 6.07 Å². The first kappa shape index (κ1) is 17.4. The summed E-state index contributed by atoms with van der Waals surface area (Å²) in [5, 5.41) is 3.51. The summed E-state index contributed by atoms with van der Waals surface area (Å²) in [6.45, 7) is -0.000773. The van der Waals surface area contributed by atoms with Crippen LogP contribution in [0.25, 0.3) is 10.9 Å². The van der Waals surface area contributed by atoms with E-state index in [0.29, 0.717) is 10.9 Å². The van der Waals surface area contributed by atoms with Crippen molar-refractivity contribution in [3.63, 3.8) is 0 Å². The fourth-order valence-electron chi connectivity index (χ4n) is 2.91. The van der Waals surface area contributed by atoms with Gasteiger partial charge in [-0.25, -0.2) is 4.98 Å². The highest BCUT2D eigenvalue weighted by molar-refractivity contribution is 5.85. The minimum absolute atomic E-state index is 0. The Balaban J connectivity index is 0.00000192. The molecule has 0 saturated heterocycles. The maximum absolute atomic E-state index is 12.3. The predicted octanol–water partition coefficient (Wildman–Crippen LogP) is 1.20. The number of nitrogens with two attached hydrogens (primary N) is 1. The third kappa shape index (κ3) is 4.09. The number of halogens is 1. The van der Waals surface area contributed by atoms with E-state index in [4.69, 9.17) is 5.73 Å². The summed E-state index contributed by atoms with van der Waals surface area (Å²) in [5.41, 5.74) is 6.31. The molecule has 1 saturated carbocycles. The molecule has 0 radical (unpaired) electrons. The smallest absolute Gasteiger partial charge is 0.261 e. The summed E-state index contributed by atoms with van der Waals surface area (Å²) in [7, 11) is 0. The van der Waals surface area contributed by atoms with Crippen molar-refractivity contribution in [1.82, 2.24) is 14.9 Å². The first-order valence-corrected chi connectivity index (χ1v) is 7.62. The summed E-state index contributed by atoms with van der Waals surface area (Å²) in [5.74, 6) is -0.153. The van der Waals surface area contributed by atoms with Gasteiger partial charge in [-0.15, -0.1) is 12.4 Å². The van der Waals surface area contributed by atoms with Crippen LogP contribution in [0, 0.1) is 0 Å². The first-order chi connectivity index (χ1) is 10.6. The van der Waals surface area contributed by atoms with Crippen molar-refractivity contribution in [2.45, 2.75) is 44.3 Å². The van der Waals surface area contributed by atoms with E-state index in [1.54, 1.807) is 18.2 Å². The van der Waals surface area contributed by atoms with E-state index < -0.39 is 0 Å². The Bertz CT molecular complexity index is 738. The molecule has 1 aromatic carbocycles. The number of nitrogens with one attached hydrogen (secondary N) is 1. The molecular formula is C16H21ClN4O2. The van der Waals surface area contributed by atoms with Gasteiger partial charge in [-0.1, -0.05) is 12.1 Å². The average Bonchev–Trinajstić information content (AvgIpc) is 2.53. The van der Waals surface area contributed by atoms with E-state index >= 15 is 0 Å². The monoisotopic (exact) mass is 336 g/mol. The molecule has 3 rings (SSSR count). The van der Waals surface area contributed by atoms with Crippen molar-refractivity contribution >= 4 is 29.2 Å². The standard InChI is InChI=1S/C16H20N4O2.ClH/c17-11-5-7-12(8-6-11)19-15(21)9-20-10-18-14-4-2-1-3-13(14)16(20)22;/h1-4,10-12H,5-9,17H2,(H,19,21);1H. The molecule has 6 nitrogen and oxygen atoms in total. The lowest BCUT2D eigenvalue weighted by Gasteiger charge is -2.26. The van der Waals surface area contributed by atoms with Gasteiger partial charge in [-0.2, -0.15) is 0 Å². The third-order valence-corrected chi connectivity index (χ3v) is 4.18. The largest absolute Gasteiger partial charge is 0.352 e. The summed E-state index contributed by atoms with van der Waals surface area (Å²) in [6.07, 6.45) is 5.10. The van der Waals surface area contributed by atoms with Gasteiger partial charge in [0.15, 0.2) is 0 Å². The molecule has 1 aliphatic carbocycles. The van der Waals surface area contributed by atoms with Gasteiger partial charge in [-0.3, -0.25) is 14.2 Å². The molecule has 1 heterocycles. The SMILES string of the molecule is Cl.NC1CCC(NC(=O)Cn2cnc3ccccc3c2=O)CC1.